The van der Waals surface area contributed by atoms with E-state index in [9.17, 15) is 33.4 Å². The van der Waals surface area contributed by atoms with E-state index >= 15 is 0 Å². The molecule has 0 fully saturated rings. The first-order valence-corrected chi connectivity index (χ1v) is 5.74. The van der Waals surface area contributed by atoms with E-state index in [0.29, 0.717) is 10.7 Å². The zero-order valence-corrected chi connectivity index (χ0v) is 11.0. The molecule has 0 aliphatic heterocycles. The third kappa shape index (κ3) is 2.83. The number of nitrogens with zero attached hydrogens (tertiary/aromatic N) is 4. The topological polar surface area (TPSA) is 104 Å². The summed E-state index contributed by atoms with van der Waals surface area (Å²) in [6.07, 6.45) is -3.87. The summed E-state index contributed by atoms with van der Waals surface area (Å²) in [4.78, 5) is 19.6. The zero-order chi connectivity index (χ0) is 16.7. The Bertz CT molecular complexity index is 774. The second kappa shape index (κ2) is 5.26. The third-order valence-electron chi connectivity index (χ3n) is 2.58. The highest BCUT2D eigenvalue weighted by atomic mass is 35.5. The molecule has 0 amide bonds. The molecule has 0 aliphatic carbocycles. The van der Waals surface area contributed by atoms with Crippen LogP contribution in [0.1, 0.15) is 5.56 Å². The Balaban J connectivity index is 2.67. The maximum Gasteiger partial charge on any atom is 0.418 e. The quantitative estimate of drug-likeness (QED) is 0.631. The normalized spacial score (nSPS) is 11.5. The van der Waals surface area contributed by atoms with Gasteiger partial charge in [-0.25, -0.2) is 0 Å². The van der Waals surface area contributed by atoms with Gasteiger partial charge in [-0.15, -0.1) is 4.68 Å². The molecule has 0 bridgehead atoms. The van der Waals surface area contributed by atoms with Crippen molar-refractivity contribution in [2.75, 3.05) is 0 Å². The van der Waals surface area contributed by atoms with Crippen LogP contribution in [0, 0.1) is 20.2 Å². The first-order chi connectivity index (χ1) is 10.1. The predicted molar refractivity (Wildman–Crippen MR) is 66.9 cm³/mol. The van der Waals surface area contributed by atoms with Gasteiger partial charge >= 0.3 is 12.0 Å². The molecular weight excluding hydrogens is 333 g/mol. The van der Waals surface area contributed by atoms with Gasteiger partial charge in [0.1, 0.15) is 0 Å². The summed E-state index contributed by atoms with van der Waals surface area (Å²) in [6.45, 7) is 0. The lowest BCUT2D eigenvalue weighted by atomic mass is 10.1. The molecule has 0 aliphatic rings. The smallest absolute Gasteiger partial charge is 0.358 e. The average Bonchev–Trinajstić information content (AvgIpc) is 2.85. The number of hydrogen-bond donors (Lipinski definition) is 0. The van der Waals surface area contributed by atoms with Crippen molar-refractivity contribution in [1.29, 1.82) is 0 Å². The number of halogens is 4. The summed E-state index contributed by atoms with van der Waals surface area (Å²) in [6, 6.07) is 1.87. The molecule has 2 rings (SSSR count). The number of hydrogen-bond acceptors (Lipinski definition) is 5. The van der Waals surface area contributed by atoms with E-state index in [1.807, 2.05) is 0 Å². The van der Waals surface area contributed by atoms with Crippen molar-refractivity contribution in [2.24, 2.45) is 0 Å². The fourth-order valence-corrected chi connectivity index (χ4v) is 1.91. The van der Waals surface area contributed by atoms with Gasteiger partial charge < -0.3 is 10.1 Å². The van der Waals surface area contributed by atoms with E-state index in [4.69, 9.17) is 11.6 Å². The number of nitro benzene ring substituents is 1. The van der Waals surface area contributed by atoms with Gasteiger partial charge in [0, 0.05) is 6.07 Å². The summed E-state index contributed by atoms with van der Waals surface area (Å²) >= 11 is 5.49. The van der Waals surface area contributed by atoms with Crippen LogP contribution in [0.5, 0.6) is 0 Å². The average molecular weight is 337 g/mol. The summed E-state index contributed by atoms with van der Waals surface area (Å²) < 4.78 is 38.9. The second-order valence-corrected chi connectivity index (χ2v) is 4.36. The molecule has 1 aromatic carbocycles. The molecule has 0 saturated carbocycles. The van der Waals surface area contributed by atoms with Crippen LogP contribution in [-0.4, -0.2) is 19.6 Å². The minimum absolute atomic E-state index is 0.255. The fourth-order valence-electron chi connectivity index (χ4n) is 1.64. The Morgan fingerprint density at radius 2 is 1.82 bits per heavy atom. The minimum atomic E-state index is -4.88. The molecule has 0 saturated heterocycles. The maximum absolute atomic E-state index is 12.7. The van der Waals surface area contributed by atoms with E-state index in [1.54, 1.807) is 0 Å². The summed E-state index contributed by atoms with van der Waals surface area (Å²) in [5.41, 5.74) is -2.74. The van der Waals surface area contributed by atoms with E-state index in [1.165, 1.54) is 0 Å². The molecule has 0 atom stereocenters. The third-order valence-corrected chi connectivity index (χ3v) is 2.89. The van der Waals surface area contributed by atoms with Gasteiger partial charge in [0.2, 0.25) is 0 Å². The molecule has 0 N–H and O–H groups in total. The molecule has 0 unspecified atom stereocenters. The molecular formula is C10H4ClF3N4O4. The fraction of sp³-hybridized carbons (Fsp3) is 0.100. The first kappa shape index (κ1) is 15.7. The van der Waals surface area contributed by atoms with Crippen LogP contribution in [0.4, 0.5) is 24.7 Å². The van der Waals surface area contributed by atoms with Gasteiger partial charge in [-0.1, -0.05) is 11.6 Å². The molecule has 1 aromatic heterocycles. The standard InChI is InChI=1S/C10H4ClF3N4O4/c11-6-4-7(16-2-1-9(15-16)18(21)22)8(17(19)20)3-5(6)10(12,13)14/h1-4H. The highest BCUT2D eigenvalue weighted by Crippen LogP contribution is 2.39. The minimum Gasteiger partial charge on any atom is -0.358 e. The molecule has 2 aromatic rings. The number of alkyl halides is 3. The zero-order valence-electron chi connectivity index (χ0n) is 10.2. The van der Waals surface area contributed by atoms with Gasteiger partial charge in [0.25, 0.3) is 5.69 Å². The van der Waals surface area contributed by atoms with E-state index in [0.717, 1.165) is 12.3 Å². The van der Waals surface area contributed by atoms with Gasteiger partial charge in [-0.3, -0.25) is 10.1 Å². The molecule has 116 valence electrons. The number of nitro groups is 2. The highest BCUT2D eigenvalue weighted by molar-refractivity contribution is 6.31. The van der Waals surface area contributed by atoms with E-state index < -0.39 is 43.8 Å². The van der Waals surface area contributed by atoms with Crippen molar-refractivity contribution in [1.82, 2.24) is 9.78 Å². The molecule has 0 radical (unpaired) electrons. The highest BCUT2D eigenvalue weighted by Gasteiger charge is 2.37. The van der Waals surface area contributed by atoms with Crippen LogP contribution in [0.3, 0.4) is 0 Å². The lowest BCUT2D eigenvalue weighted by molar-refractivity contribution is -0.389. The lowest BCUT2D eigenvalue weighted by Gasteiger charge is -2.10. The Labute approximate surface area is 124 Å². The number of aromatic nitrogens is 2. The van der Waals surface area contributed by atoms with Crippen LogP contribution in [-0.2, 0) is 6.18 Å². The number of rotatable bonds is 3. The van der Waals surface area contributed by atoms with Crippen LogP contribution in [0.2, 0.25) is 5.02 Å². The largest absolute Gasteiger partial charge is 0.418 e. The van der Waals surface area contributed by atoms with Crippen molar-refractivity contribution in [3.05, 3.63) is 55.2 Å². The van der Waals surface area contributed by atoms with E-state index in [-0.39, 0.29) is 6.07 Å². The van der Waals surface area contributed by atoms with Crippen molar-refractivity contribution < 1.29 is 23.0 Å². The van der Waals surface area contributed by atoms with Crippen LogP contribution < -0.4 is 0 Å². The van der Waals surface area contributed by atoms with Crippen molar-refractivity contribution >= 4 is 23.1 Å². The Morgan fingerprint density at radius 3 is 2.27 bits per heavy atom. The van der Waals surface area contributed by atoms with Gasteiger partial charge in [0.15, 0.2) is 5.69 Å². The Hall–Kier alpha value is -2.69. The summed E-state index contributed by atoms with van der Waals surface area (Å²) in [7, 11) is 0. The molecule has 1 heterocycles. The van der Waals surface area contributed by atoms with E-state index in [2.05, 4.69) is 5.10 Å². The van der Waals surface area contributed by atoms with Crippen LogP contribution in [0.15, 0.2) is 24.4 Å². The molecule has 8 nitrogen and oxygen atoms in total. The summed E-state index contributed by atoms with van der Waals surface area (Å²) in [5, 5.41) is 24.1. The van der Waals surface area contributed by atoms with Crippen LogP contribution >= 0.6 is 11.6 Å². The molecule has 0 spiro atoms. The second-order valence-electron chi connectivity index (χ2n) is 3.95. The van der Waals surface area contributed by atoms with Crippen molar-refractivity contribution in [3.63, 3.8) is 0 Å². The first-order valence-electron chi connectivity index (χ1n) is 5.37. The van der Waals surface area contributed by atoms with Gasteiger partial charge in [0.05, 0.1) is 32.9 Å². The van der Waals surface area contributed by atoms with Crippen molar-refractivity contribution in [3.8, 4) is 5.69 Å². The Morgan fingerprint density at radius 1 is 1.18 bits per heavy atom. The van der Waals surface area contributed by atoms with Gasteiger partial charge in [-0.05, 0) is 11.0 Å². The molecule has 22 heavy (non-hydrogen) atoms. The predicted octanol–water partition coefficient (Wildman–Crippen LogP) is 3.36. The summed E-state index contributed by atoms with van der Waals surface area (Å²) in [5.74, 6) is -0.620. The number of benzene rings is 1. The monoisotopic (exact) mass is 336 g/mol. The molecule has 12 heteroatoms. The Kier molecular flexibility index (Phi) is 3.75. The SMILES string of the molecule is O=[N+]([O-])c1ccn(-c2cc(Cl)c(C(F)(F)F)cc2[N+](=O)[O-])n1. The lowest BCUT2D eigenvalue weighted by Crippen LogP contribution is -2.09. The van der Waals surface area contributed by atoms with Crippen LogP contribution in [0.25, 0.3) is 5.69 Å². The van der Waals surface area contributed by atoms with Gasteiger partial charge in [-0.2, -0.15) is 13.2 Å². The van der Waals surface area contributed by atoms with Crippen molar-refractivity contribution in [2.45, 2.75) is 6.18 Å². The maximum atomic E-state index is 12.7.